The van der Waals surface area contributed by atoms with E-state index >= 15 is 0 Å². The third-order valence-electron chi connectivity index (χ3n) is 5.57. The number of rotatable bonds is 7. The van der Waals surface area contributed by atoms with E-state index in [-0.39, 0.29) is 22.0 Å². The highest BCUT2D eigenvalue weighted by Gasteiger charge is 2.47. The first-order valence-electron chi connectivity index (χ1n) is 10.4. The van der Waals surface area contributed by atoms with Crippen molar-refractivity contribution in [3.8, 4) is 0 Å². The Morgan fingerprint density at radius 2 is 1.44 bits per heavy atom. The summed E-state index contributed by atoms with van der Waals surface area (Å²) in [6.07, 6.45) is -0.438. The number of benzene rings is 3. The van der Waals surface area contributed by atoms with Crippen molar-refractivity contribution >= 4 is 53.5 Å². The maximum absolute atomic E-state index is 13.6. The number of amides is 2. The van der Waals surface area contributed by atoms with Gasteiger partial charge in [0.05, 0.1) is 21.9 Å². The summed E-state index contributed by atoms with van der Waals surface area (Å²) in [5.74, 6) is -1.98. The van der Waals surface area contributed by atoms with Crippen molar-refractivity contribution in [2.45, 2.75) is 28.8 Å². The van der Waals surface area contributed by atoms with Gasteiger partial charge in [0.1, 0.15) is 11.9 Å². The van der Waals surface area contributed by atoms with Crippen LogP contribution in [0.1, 0.15) is 12.0 Å². The van der Waals surface area contributed by atoms with Gasteiger partial charge < -0.3 is 0 Å². The monoisotopic (exact) mass is 595 g/mol. The third-order valence-corrected chi connectivity index (χ3v) is 8.89. The molecule has 36 heavy (non-hydrogen) atoms. The maximum Gasteiger partial charge on any atom is 0.252 e. The number of carbonyl (C=O) groups excluding carboxylic acids is 2. The van der Waals surface area contributed by atoms with Crippen LogP contribution in [0.25, 0.3) is 0 Å². The molecule has 188 valence electrons. The summed E-state index contributed by atoms with van der Waals surface area (Å²) in [4.78, 5) is 26.8. The number of nitrogens with zero attached hydrogens (tertiary/aromatic N) is 2. The molecule has 1 fully saturated rings. The second-order valence-electron chi connectivity index (χ2n) is 7.96. The first-order chi connectivity index (χ1) is 16.9. The molecule has 2 amide bonds. The molecule has 3 aromatic rings. The van der Waals surface area contributed by atoms with Crippen molar-refractivity contribution in [3.63, 3.8) is 0 Å². The molecular weight excluding hydrogens is 577 g/mol. The van der Waals surface area contributed by atoms with E-state index in [4.69, 9.17) is 5.14 Å². The molecule has 0 saturated carbocycles. The van der Waals surface area contributed by atoms with E-state index in [2.05, 4.69) is 15.9 Å². The molecule has 0 bridgehead atoms. The van der Waals surface area contributed by atoms with Gasteiger partial charge in [0, 0.05) is 11.0 Å². The summed E-state index contributed by atoms with van der Waals surface area (Å²) >= 11 is 3.25. The van der Waals surface area contributed by atoms with Crippen molar-refractivity contribution in [3.05, 3.63) is 88.6 Å². The fourth-order valence-electron chi connectivity index (χ4n) is 3.77. The summed E-state index contributed by atoms with van der Waals surface area (Å²) in [7, 11) is -8.27. The molecule has 2 N–H and O–H groups in total. The van der Waals surface area contributed by atoms with Crippen LogP contribution in [0.15, 0.2) is 87.1 Å². The van der Waals surface area contributed by atoms with Gasteiger partial charge >= 0.3 is 0 Å². The molecule has 1 unspecified atom stereocenters. The minimum Gasteiger partial charge on any atom is -0.274 e. The number of hydrogen-bond donors (Lipinski definition) is 1. The van der Waals surface area contributed by atoms with Crippen LogP contribution in [0.3, 0.4) is 0 Å². The number of imide groups is 1. The zero-order valence-corrected chi connectivity index (χ0v) is 21.6. The number of carbonyl (C=O) groups is 2. The zero-order chi connectivity index (χ0) is 26.3. The lowest BCUT2D eigenvalue weighted by Crippen LogP contribution is -2.45. The number of nitrogens with two attached hydrogens (primary N) is 1. The van der Waals surface area contributed by atoms with Gasteiger partial charge in [-0.3, -0.25) is 9.59 Å². The normalized spacial score (nSPS) is 16.7. The summed E-state index contributed by atoms with van der Waals surface area (Å²) in [5, 5.41) is 5.10. The summed E-state index contributed by atoms with van der Waals surface area (Å²) in [6, 6.07) is 14.3. The number of anilines is 1. The van der Waals surface area contributed by atoms with Gasteiger partial charge in [0.15, 0.2) is 0 Å². The van der Waals surface area contributed by atoms with Crippen LogP contribution < -0.4 is 10.0 Å². The lowest BCUT2D eigenvalue weighted by Gasteiger charge is -2.27. The second kappa shape index (κ2) is 9.82. The number of halogens is 2. The number of primary sulfonamides is 1. The molecule has 1 aliphatic heterocycles. The van der Waals surface area contributed by atoms with E-state index in [0.717, 1.165) is 21.3 Å². The van der Waals surface area contributed by atoms with Crippen molar-refractivity contribution in [2.24, 2.45) is 5.14 Å². The largest absolute Gasteiger partial charge is 0.274 e. The van der Waals surface area contributed by atoms with Crippen molar-refractivity contribution in [1.82, 2.24) is 4.31 Å². The summed E-state index contributed by atoms with van der Waals surface area (Å²) < 4.78 is 65.3. The minimum absolute atomic E-state index is 0.0719. The molecule has 1 aliphatic rings. The predicted octanol–water partition coefficient (Wildman–Crippen LogP) is 2.76. The van der Waals surface area contributed by atoms with Crippen LogP contribution in [0.5, 0.6) is 0 Å². The Kier molecular flexibility index (Phi) is 7.12. The van der Waals surface area contributed by atoms with Crippen LogP contribution >= 0.6 is 15.9 Å². The topological polar surface area (TPSA) is 135 Å². The third kappa shape index (κ3) is 5.25. The van der Waals surface area contributed by atoms with Gasteiger partial charge in [-0.15, -0.1) is 0 Å². The molecule has 1 atom stereocenters. The Morgan fingerprint density at radius 1 is 0.889 bits per heavy atom. The molecular formula is C23H19BrFN3O6S2. The molecule has 3 aromatic carbocycles. The Morgan fingerprint density at radius 3 is 2.00 bits per heavy atom. The molecule has 9 nitrogen and oxygen atoms in total. The molecule has 1 saturated heterocycles. The SMILES string of the molecule is NS(=O)(=O)c1ccc(N2C(=O)CC(N(Cc3ccc(F)cc3)S(=O)(=O)c3ccc(Br)cc3)C2=O)cc1. The predicted molar refractivity (Wildman–Crippen MR) is 132 cm³/mol. The van der Waals surface area contributed by atoms with Crippen molar-refractivity contribution < 1.29 is 30.8 Å². The van der Waals surface area contributed by atoms with Gasteiger partial charge in [0.2, 0.25) is 26.0 Å². The van der Waals surface area contributed by atoms with Crippen LogP contribution in [0.2, 0.25) is 0 Å². The molecule has 0 aliphatic carbocycles. The summed E-state index contributed by atoms with van der Waals surface area (Å²) in [6.45, 7) is -0.291. The Labute approximate surface area is 215 Å². The van der Waals surface area contributed by atoms with Gasteiger partial charge in [0.25, 0.3) is 5.91 Å². The quantitative estimate of drug-likeness (QED) is 0.417. The highest BCUT2D eigenvalue weighted by molar-refractivity contribution is 9.10. The lowest BCUT2D eigenvalue weighted by atomic mass is 10.2. The van der Waals surface area contributed by atoms with Crippen molar-refractivity contribution in [2.75, 3.05) is 4.90 Å². The standard InChI is InChI=1S/C23H19BrFN3O6S2/c24-16-3-9-20(10-4-16)36(33,34)27(14-15-1-5-17(25)6-2-15)21-13-22(29)28(23(21)30)18-7-11-19(12-8-18)35(26,31)32/h1-12,21H,13-14H2,(H2,26,31,32). The first kappa shape index (κ1) is 26.1. The van der Waals surface area contributed by atoms with E-state index in [1.165, 1.54) is 60.7 Å². The second-order valence-corrected chi connectivity index (χ2v) is 12.3. The average molecular weight is 596 g/mol. The fraction of sp³-hybridized carbons (Fsp3) is 0.130. The van der Waals surface area contributed by atoms with Gasteiger partial charge in [-0.1, -0.05) is 28.1 Å². The summed E-state index contributed by atoms with van der Waals surface area (Å²) in [5.41, 5.74) is 0.482. The molecule has 0 aromatic heterocycles. The van der Waals surface area contributed by atoms with Crippen molar-refractivity contribution in [1.29, 1.82) is 0 Å². The van der Waals surface area contributed by atoms with E-state index in [1.54, 1.807) is 0 Å². The molecule has 1 heterocycles. The van der Waals surface area contributed by atoms with Crippen LogP contribution in [-0.4, -0.2) is 39.0 Å². The first-order valence-corrected chi connectivity index (χ1v) is 14.2. The van der Waals surface area contributed by atoms with Crippen LogP contribution in [-0.2, 0) is 36.2 Å². The van der Waals surface area contributed by atoms with Gasteiger partial charge in [-0.25, -0.2) is 31.3 Å². The number of sulfonamides is 2. The maximum atomic E-state index is 13.6. The van der Waals surface area contributed by atoms with E-state index in [1.807, 2.05) is 0 Å². The Balaban J connectivity index is 1.73. The van der Waals surface area contributed by atoms with E-state index in [9.17, 15) is 30.8 Å². The molecule has 0 radical (unpaired) electrons. The van der Waals surface area contributed by atoms with Crippen LogP contribution in [0, 0.1) is 5.82 Å². The highest BCUT2D eigenvalue weighted by Crippen LogP contribution is 2.31. The smallest absolute Gasteiger partial charge is 0.252 e. The lowest BCUT2D eigenvalue weighted by molar-refractivity contribution is -0.122. The number of hydrogen-bond acceptors (Lipinski definition) is 6. The average Bonchev–Trinajstić information content (AvgIpc) is 3.11. The van der Waals surface area contributed by atoms with Gasteiger partial charge in [-0.05, 0) is 66.2 Å². The molecule has 13 heteroatoms. The van der Waals surface area contributed by atoms with Crippen LogP contribution in [0.4, 0.5) is 10.1 Å². The van der Waals surface area contributed by atoms with Gasteiger partial charge in [-0.2, -0.15) is 4.31 Å². The fourth-order valence-corrected chi connectivity index (χ4v) is 6.12. The minimum atomic E-state index is -4.27. The zero-order valence-electron chi connectivity index (χ0n) is 18.4. The molecule has 4 rings (SSSR count). The van der Waals surface area contributed by atoms with E-state index < -0.39 is 50.1 Å². The highest BCUT2D eigenvalue weighted by atomic mass is 79.9. The van der Waals surface area contributed by atoms with E-state index in [0.29, 0.717) is 10.0 Å². The Bertz CT molecular complexity index is 1530. The Hall–Kier alpha value is -2.97. The molecule has 0 spiro atoms.